The van der Waals surface area contributed by atoms with Gasteiger partial charge in [-0.2, -0.15) is 4.39 Å². The number of carbonyl (C=O) groups excluding carboxylic acids is 1. The number of thioether (sulfide) groups is 1. The molecule has 0 saturated carbocycles. The number of nitrogens with one attached hydrogen (secondary N) is 1. The molecule has 0 atom stereocenters. The molecule has 0 unspecified atom stereocenters. The van der Waals surface area contributed by atoms with E-state index in [2.05, 4.69) is 10.3 Å². The topological polar surface area (TPSA) is 60.5 Å². The molecule has 0 aliphatic carbocycles. The molecule has 0 saturated heterocycles. The van der Waals surface area contributed by atoms with Gasteiger partial charge in [-0.25, -0.2) is 9.78 Å². The van der Waals surface area contributed by atoms with Crippen LogP contribution >= 0.6 is 23.1 Å². The minimum absolute atomic E-state index is 0.187. The van der Waals surface area contributed by atoms with E-state index in [1.54, 1.807) is 27.9 Å². The van der Waals surface area contributed by atoms with Crippen molar-refractivity contribution in [2.75, 3.05) is 12.4 Å². The highest BCUT2D eigenvalue weighted by molar-refractivity contribution is 7.98. The van der Waals surface area contributed by atoms with E-state index in [4.69, 9.17) is 9.47 Å². The van der Waals surface area contributed by atoms with Crippen LogP contribution in [0.25, 0.3) is 0 Å². The second kappa shape index (κ2) is 7.85. The monoisotopic (exact) mass is 370 g/mol. The molecule has 1 aromatic carbocycles. The summed E-state index contributed by atoms with van der Waals surface area (Å²) < 4.78 is 24.2. The lowest BCUT2D eigenvalue weighted by molar-refractivity contribution is 0.0636. The van der Waals surface area contributed by atoms with Crippen LogP contribution in [0.2, 0.25) is 0 Å². The van der Waals surface area contributed by atoms with Gasteiger partial charge in [-0.1, -0.05) is 11.3 Å². The van der Waals surface area contributed by atoms with Crippen molar-refractivity contribution < 1.29 is 18.7 Å². The number of benzene rings is 1. The first-order chi connectivity index (χ1) is 11.3. The predicted molar refractivity (Wildman–Crippen MR) is 94.5 cm³/mol. The summed E-state index contributed by atoms with van der Waals surface area (Å²) in [5.74, 6) is 1.13. The number of rotatable bonds is 5. The molecule has 0 bridgehead atoms. The van der Waals surface area contributed by atoms with Crippen LogP contribution in [0.15, 0.2) is 29.2 Å². The molecule has 2 rings (SSSR count). The van der Waals surface area contributed by atoms with E-state index in [9.17, 15) is 9.18 Å². The number of anilines is 1. The normalized spacial score (nSPS) is 11.2. The third kappa shape index (κ3) is 5.68. The van der Waals surface area contributed by atoms with Gasteiger partial charge in [0.1, 0.15) is 17.0 Å². The fourth-order valence-electron chi connectivity index (χ4n) is 1.69. The molecule has 1 amide bonds. The van der Waals surface area contributed by atoms with Gasteiger partial charge in [0.15, 0.2) is 5.13 Å². The largest absolute Gasteiger partial charge is 0.497 e. The molecule has 0 aliphatic rings. The Bertz CT molecular complexity index is 696. The smallest absolute Gasteiger partial charge is 0.413 e. The number of thiazole rings is 1. The zero-order valence-corrected chi connectivity index (χ0v) is 15.5. The van der Waals surface area contributed by atoms with Crippen LogP contribution in [-0.4, -0.2) is 23.8 Å². The number of carbonyl (C=O) groups is 1. The van der Waals surface area contributed by atoms with E-state index < -0.39 is 16.8 Å². The summed E-state index contributed by atoms with van der Waals surface area (Å²) >= 11 is 2.24. The minimum Gasteiger partial charge on any atom is -0.497 e. The SMILES string of the molecule is COc1ccc(SCc2nc(NC(=O)OC(C)(C)C)sc2F)cc1. The van der Waals surface area contributed by atoms with Gasteiger partial charge in [0.2, 0.25) is 5.13 Å². The number of hydrogen-bond acceptors (Lipinski definition) is 6. The molecule has 0 spiro atoms. The van der Waals surface area contributed by atoms with Gasteiger partial charge >= 0.3 is 6.09 Å². The molecule has 0 fully saturated rings. The third-order valence-corrected chi connectivity index (χ3v) is 4.52. The summed E-state index contributed by atoms with van der Waals surface area (Å²) in [7, 11) is 1.60. The van der Waals surface area contributed by atoms with Crippen molar-refractivity contribution in [3.63, 3.8) is 0 Å². The average Bonchev–Trinajstić information content (AvgIpc) is 2.83. The molecule has 1 heterocycles. The van der Waals surface area contributed by atoms with Gasteiger partial charge in [0.25, 0.3) is 0 Å². The number of halogens is 1. The standard InChI is InChI=1S/C16H19FN2O3S2/c1-16(2,3)22-15(20)19-14-18-12(13(17)24-14)9-23-11-7-5-10(21-4)6-8-11/h5-8H,9H2,1-4H3,(H,18,19,20). The summed E-state index contributed by atoms with van der Waals surface area (Å²) in [5, 5.41) is 2.23. The van der Waals surface area contributed by atoms with E-state index >= 15 is 0 Å². The molecule has 8 heteroatoms. The highest BCUT2D eigenvalue weighted by atomic mass is 32.2. The second-order valence-corrected chi connectivity index (χ2v) is 7.83. The van der Waals surface area contributed by atoms with Crippen LogP contribution in [0.1, 0.15) is 26.5 Å². The first-order valence-electron chi connectivity index (χ1n) is 7.19. The Kier molecular flexibility index (Phi) is 6.06. The van der Waals surface area contributed by atoms with E-state index in [1.165, 1.54) is 11.8 Å². The van der Waals surface area contributed by atoms with Gasteiger partial charge in [-0.3, -0.25) is 5.32 Å². The second-order valence-electron chi connectivity index (χ2n) is 5.83. The lowest BCUT2D eigenvalue weighted by Gasteiger charge is -2.18. The van der Waals surface area contributed by atoms with Crippen LogP contribution in [0.3, 0.4) is 0 Å². The highest BCUT2D eigenvalue weighted by Gasteiger charge is 2.19. The first kappa shape index (κ1) is 18.5. The molecule has 24 heavy (non-hydrogen) atoms. The van der Waals surface area contributed by atoms with Crippen LogP contribution in [-0.2, 0) is 10.5 Å². The van der Waals surface area contributed by atoms with E-state index in [1.807, 2.05) is 24.3 Å². The number of aromatic nitrogens is 1. The number of ether oxygens (including phenoxy) is 2. The summed E-state index contributed by atoms with van der Waals surface area (Å²) in [4.78, 5) is 16.8. The molecule has 130 valence electrons. The first-order valence-corrected chi connectivity index (χ1v) is 8.99. The zero-order valence-electron chi connectivity index (χ0n) is 13.9. The Balaban J connectivity index is 1.94. The van der Waals surface area contributed by atoms with Crippen molar-refractivity contribution in [2.45, 2.75) is 37.0 Å². The molecular formula is C16H19FN2O3S2. The minimum atomic E-state index is -0.648. The average molecular weight is 370 g/mol. The molecule has 0 aliphatic heterocycles. The molecule has 1 N–H and O–H groups in total. The van der Waals surface area contributed by atoms with Gasteiger partial charge in [0, 0.05) is 10.6 Å². The van der Waals surface area contributed by atoms with Crippen molar-refractivity contribution in [3.05, 3.63) is 35.1 Å². The Labute approximate surface area is 148 Å². The number of methoxy groups -OCH3 is 1. The quantitative estimate of drug-likeness (QED) is 0.756. The number of nitrogens with zero attached hydrogens (tertiary/aromatic N) is 1. The summed E-state index contributed by atoms with van der Waals surface area (Å²) in [6.07, 6.45) is -0.648. The van der Waals surface area contributed by atoms with Gasteiger partial charge < -0.3 is 9.47 Å². The zero-order chi connectivity index (χ0) is 17.7. The maximum atomic E-state index is 14.0. The van der Waals surface area contributed by atoms with E-state index in [0.29, 0.717) is 11.4 Å². The van der Waals surface area contributed by atoms with Crippen LogP contribution in [0.4, 0.5) is 14.3 Å². The Morgan fingerprint density at radius 3 is 2.58 bits per heavy atom. The highest BCUT2D eigenvalue weighted by Crippen LogP contribution is 2.29. The Hall–Kier alpha value is -1.80. The van der Waals surface area contributed by atoms with Gasteiger partial charge in [-0.05, 0) is 45.0 Å². The summed E-state index contributed by atoms with van der Waals surface area (Å²) in [6.45, 7) is 5.27. The maximum Gasteiger partial charge on any atom is 0.413 e. The molecule has 0 radical (unpaired) electrons. The molecule has 5 nitrogen and oxygen atoms in total. The maximum absolute atomic E-state index is 14.0. The summed E-state index contributed by atoms with van der Waals surface area (Å²) in [6, 6.07) is 7.48. The Morgan fingerprint density at radius 2 is 2.00 bits per heavy atom. The van der Waals surface area contributed by atoms with Crippen LogP contribution in [0.5, 0.6) is 5.75 Å². The fraction of sp³-hybridized carbons (Fsp3) is 0.375. The lowest BCUT2D eigenvalue weighted by Crippen LogP contribution is -2.27. The number of amides is 1. The van der Waals surface area contributed by atoms with Crippen molar-refractivity contribution in [1.82, 2.24) is 4.98 Å². The predicted octanol–water partition coefficient (Wildman–Crippen LogP) is 4.93. The summed E-state index contributed by atoms with van der Waals surface area (Å²) in [5.41, 5.74) is -0.320. The lowest BCUT2D eigenvalue weighted by atomic mass is 10.2. The van der Waals surface area contributed by atoms with Crippen molar-refractivity contribution >= 4 is 34.3 Å². The molecule has 2 aromatic rings. The van der Waals surface area contributed by atoms with Gasteiger partial charge in [-0.15, -0.1) is 11.8 Å². The Morgan fingerprint density at radius 1 is 1.33 bits per heavy atom. The van der Waals surface area contributed by atoms with E-state index in [-0.39, 0.29) is 5.13 Å². The van der Waals surface area contributed by atoms with Crippen LogP contribution < -0.4 is 10.1 Å². The van der Waals surface area contributed by atoms with E-state index in [0.717, 1.165) is 22.0 Å². The van der Waals surface area contributed by atoms with Crippen molar-refractivity contribution in [1.29, 1.82) is 0 Å². The number of hydrogen-bond donors (Lipinski definition) is 1. The van der Waals surface area contributed by atoms with Crippen LogP contribution in [0, 0.1) is 5.13 Å². The van der Waals surface area contributed by atoms with Gasteiger partial charge in [0.05, 0.1) is 7.11 Å². The molecular weight excluding hydrogens is 351 g/mol. The molecule has 1 aromatic heterocycles. The van der Waals surface area contributed by atoms with Crippen molar-refractivity contribution in [3.8, 4) is 5.75 Å². The van der Waals surface area contributed by atoms with Crippen molar-refractivity contribution in [2.24, 2.45) is 0 Å². The third-order valence-electron chi connectivity index (χ3n) is 2.69. The fourth-order valence-corrected chi connectivity index (χ4v) is 3.30.